The molecule has 1 heterocycles. The summed E-state index contributed by atoms with van der Waals surface area (Å²) in [6.07, 6.45) is 1.23. The highest BCUT2D eigenvalue weighted by Gasteiger charge is 2.11. The Morgan fingerprint density at radius 2 is 2.11 bits per heavy atom. The van der Waals surface area contributed by atoms with Gasteiger partial charge in [0.05, 0.1) is 0 Å². The van der Waals surface area contributed by atoms with Crippen LogP contribution in [0.1, 0.15) is 15.9 Å². The molecule has 0 aliphatic rings. The van der Waals surface area contributed by atoms with Crippen molar-refractivity contribution in [3.8, 4) is 0 Å². The Hall–Kier alpha value is -2.01. The first-order valence-corrected chi connectivity index (χ1v) is 5.49. The topological polar surface area (TPSA) is 54.9 Å². The van der Waals surface area contributed by atoms with Gasteiger partial charge in [0.1, 0.15) is 23.1 Å². The molecule has 0 unspecified atom stereocenters. The van der Waals surface area contributed by atoms with Gasteiger partial charge in [-0.15, -0.1) is 0 Å². The molecule has 1 amide bonds. The second-order valence-corrected chi connectivity index (χ2v) is 4.03. The van der Waals surface area contributed by atoms with Crippen LogP contribution in [0.4, 0.5) is 10.2 Å². The zero-order chi connectivity index (χ0) is 13.1. The third-order valence-corrected chi connectivity index (χ3v) is 2.53. The molecule has 2 rings (SSSR count). The minimum absolute atomic E-state index is 0.219. The molecular weight excluding hydrogens is 257 g/mol. The summed E-state index contributed by atoms with van der Waals surface area (Å²) in [7, 11) is 0. The lowest BCUT2D eigenvalue weighted by Crippen LogP contribution is -2.14. The summed E-state index contributed by atoms with van der Waals surface area (Å²) in [5, 5.41) is 2.74. The van der Waals surface area contributed by atoms with Gasteiger partial charge in [0.25, 0.3) is 5.91 Å². The number of aryl methyl sites for hydroxylation is 1. The number of nitrogens with zero attached hydrogens (tertiary/aromatic N) is 2. The average Bonchev–Trinajstić information content (AvgIpc) is 2.32. The summed E-state index contributed by atoms with van der Waals surface area (Å²) in [6, 6.07) is 5.42. The van der Waals surface area contributed by atoms with E-state index in [1.165, 1.54) is 30.6 Å². The number of rotatable bonds is 2. The molecule has 0 aliphatic heterocycles. The van der Waals surface area contributed by atoms with E-state index in [9.17, 15) is 9.18 Å². The standard InChI is InChI=1S/C12H9ClFN3O/c1-7-2-3-8(14)4-9(7)12(18)17-11-5-10(13)15-6-16-11/h2-6H,1H3,(H,15,16,17,18). The van der Waals surface area contributed by atoms with Gasteiger partial charge in [-0.25, -0.2) is 14.4 Å². The van der Waals surface area contributed by atoms with Crippen molar-refractivity contribution in [3.05, 3.63) is 52.7 Å². The molecule has 18 heavy (non-hydrogen) atoms. The number of hydrogen-bond donors (Lipinski definition) is 1. The Bertz CT molecular complexity index is 604. The Morgan fingerprint density at radius 1 is 1.33 bits per heavy atom. The van der Waals surface area contributed by atoms with Crippen molar-refractivity contribution in [2.24, 2.45) is 0 Å². The van der Waals surface area contributed by atoms with Crippen molar-refractivity contribution < 1.29 is 9.18 Å². The van der Waals surface area contributed by atoms with Crippen molar-refractivity contribution in [3.63, 3.8) is 0 Å². The largest absolute Gasteiger partial charge is 0.306 e. The van der Waals surface area contributed by atoms with E-state index in [-0.39, 0.29) is 16.5 Å². The molecule has 1 aromatic heterocycles. The van der Waals surface area contributed by atoms with Crippen LogP contribution < -0.4 is 5.32 Å². The van der Waals surface area contributed by atoms with Crippen molar-refractivity contribution in [2.75, 3.05) is 5.32 Å². The maximum Gasteiger partial charge on any atom is 0.257 e. The molecule has 2 aromatic rings. The first-order valence-electron chi connectivity index (χ1n) is 5.11. The van der Waals surface area contributed by atoms with Crippen LogP contribution in [-0.2, 0) is 0 Å². The summed E-state index contributed by atoms with van der Waals surface area (Å²) in [4.78, 5) is 19.4. The highest BCUT2D eigenvalue weighted by Crippen LogP contribution is 2.14. The first kappa shape index (κ1) is 12.4. The van der Waals surface area contributed by atoms with E-state index in [0.29, 0.717) is 5.56 Å². The number of aromatic nitrogens is 2. The fraction of sp³-hybridized carbons (Fsp3) is 0.0833. The Balaban J connectivity index is 2.24. The normalized spacial score (nSPS) is 10.2. The number of hydrogen-bond acceptors (Lipinski definition) is 3. The quantitative estimate of drug-likeness (QED) is 0.850. The van der Waals surface area contributed by atoms with E-state index in [4.69, 9.17) is 11.6 Å². The number of amides is 1. The average molecular weight is 266 g/mol. The molecule has 0 atom stereocenters. The summed E-state index contributed by atoms with van der Waals surface area (Å²) in [6.45, 7) is 1.72. The maximum absolute atomic E-state index is 13.1. The minimum Gasteiger partial charge on any atom is -0.306 e. The third kappa shape index (κ3) is 2.81. The van der Waals surface area contributed by atoms with E-state index in [2.05, 4.69) is 15.3 Å². The lowest BCUT2D eigenvalue weighted by atomic mass is 10.1. The molecule has 0 fully saturated rings. The Labute approximate surface area is 108 Å². The van der Waals surface area contributed by atoms with Crippen LogP contribution in [0.2, 0.25) is 5.15 Å². The Morgan fingerprint density at radius 3 is 2.83 bits per heavy atom. The number of benzene rings is 1. The highest BCUT2D eigenvalue weighted by molar-refractivity contribution is 6.29. The van der Waals surface area contributed by atoms with Gasteiger partial charge in [-0.1, -0.05) is 17.7 Å². The second-order valence-electron chi connectivity index (χ2n) is 3.64. The minimum atomic E-state index is -0.466. The molecule has 1 N–H and O–H groups in total. The monoisotopic (exact) mass is 265 g/mol. The van der Waals surface area contributed by atoms with Crippen LogP contribution in [0.5, 0.6) is 0 Å². The molecule has 0 bridgehead atoms. The van der Waals surface area contributed by atoms with Gasteiger partial charge >= 0.3 is 0 Å². The number of carbonyl (C=O) groups is 1. The number of nitrogens with one attached hydrogen (secondary N) is 1. The zero-order valence-corrected chi connectivity index (χ0v) is 10.2. The van der Waals surface area contributed by atoms with Gasteiger partial charge in [-0.2, -0.15) is 0 Å². The highest BCUT2D eigenvalue weighted by atomic mass is 35.5. The van der Waals surface area contributed by atoms with Crippen molar-refractivity contribution in [1.82, 2.24) is 9.97 Å². The predicted molar refractivity (Wildman–Crippen MR) is 66.1 cm³/mol. The van der Waals surface area contributed by atoms with Crippen LogP contribution in [0.3, 0.4) is 0 Å². The van der Waals surface area contributed by atoms with Gasteiger partial charge in [-0.05, 0) is 24.6 Å². The van der Waals surface area contributed by atoms with Crippen LogP contribution in [-0.4, -0.2) is 15.9 Å². The SMILES string of the molecule is Cc1ccc(F)cc1C(=O)Nc1cc(Cl)ncn1. The maximum atomic E-state index is 13.1. The molecule has 0 saturated heterocycles. The van der Waals surface area contributed by atoms with E-state index in [0.717, 1.165) is 0 Å². The van der Waals surface area contributed by atoms with E-state index >= 15 is 0 Å². The molecule has 0 saturated carbocycles. The van der Waals surface area contributed by atoms with Crippen LogP contribution >= 0.6 is 11.6 Å². The van der Waals surface area contributed by atoms with Crippen molar-refractivity contribution in [2.45, 2.75) is 6.92 Å². The summed E-state index contributed by atoms with van der Waals surface area (Å²) in [5.74, 6) is -0.642. The number of anilines is 1. The molecule has 4 nitrogen and oxygen atoms in total. The fourth-order valence-electron chi connectivity index (χ4n) is 1.42. The van der Waals surface area contributed by atoms with Crippen LogP contribution in [0.15, 0.2) is 30.6 Å². The molecule has 0 aliphatic carbocycles. The summed E-state index contributed by atoms with van der Waals surface area (Å²) < 4.78 is 13.1. The predicted octanol–water partition coefficient (Wildman–Crippen LogP) is 2.83. The van der Waals surface area contributed by atoms with Gasteiger partial charge < -0.3 is 5.32 Å². The molecule has 1 aromatic carbocycles. The van der Waals surface area contributed by atoms with Crippen molar-refractivity contribution in [1.29, 1.82) is 0 Å². The lowest BCUT2D eigenvalue weighted by molar-refractivity contribution is 0.102. The van der Waals surface area contributed by atoms with E-state index in [1.54, 1.807) is 6.92 Å². The smallest absolute Gasteiger partial charge is 0.257 e. The van der Waals surface area contributed by atoms with Gasteiger partial charge in [0.2, 0.25) is 0 Å². The van der Waals surface area contributed by atoms with E-state index < -0.39 is 11.7 Å². The summed E-state index contributed by atoms with van der Waals surface area (Å²) >= 11 is 5.67. The lowest BCUT2D eigenvalue weighted by Gasteiger charge is -2.07. The number of carbonyl (C=O) groups excluding carboxylic acids is 1. The van der Waals surface area contributed by atoms with Crippen LogP contribution in [0.25, 0.3) is 0 Å². The molecule has 6 heteroatoms. The molecular formula is C12H9ClFN3O. The second kappa shape index (κ2) is 5.10. The van der Waals surface area contributed by atoms with Gasteiger partial charge in [-0.3, -0.25) is 4.79 Å². The Kier molecular flexibility index (Phi) is 3.53. The summed E-state index contributed by atoms with van der Waals surface area (Å²) in [5.41, 5.74) is 0.929. The molecule has 92 valence electrons. The third-order valence-electron chi connectivity index (χ3n) is 2.32. The van der Waals surface area contributed by atoms with Crippen LogP contribution in [0, 0.1) is 12.7 Å². The molecule has 0 spiro atoms. The number of halogens is 2. The van der Waals surface area contributed by atoms with Gasteiger partial charge in [0.15, 0.2) is 0 Å². The van der Waals surface area contributed by atoms with Crippen molar-refractivity contribution >= 4 is 23.3 Å². The zero-order valence-electron chi connectivity index (χ0n) is 9.45. The molecule has 0 radical (unpaired) electrons. The first-order chi connectivity index (χ1) is 8.56. The fourth-order valence-corrected chi connectivity index (χ4v) is 1.57. The van der Waals surface area contributed by atoms with Gasteiger partial charge in [0, 0.05) is 11.6 Å². The van der Waals surface area contributed by atoms with E-state index in [1.807, 2.05) is 0 Å².